The number of nitrogens with one attached hydrogen (secondary N) is 3. The molecule has 156 valence electrons. The number of amides is 2. The molecule has 2 aromatic carbocycles. The van der Waals surface area contributed by atoms with E-state index in [1.807, 2.05) is 19.1 Å². The Balaban J connectivity index is 1.59. The average molecular weight is 435 g/mol. The van der Waals surface area contributed by atoms with Gasteiger partial charge in [0.2, 0.25) is 0 Å². The molecule has 4 rings (SSSR count). The fourth-order valence-electron chi connectivity index (χ4n) is 3.20. The Labute approximate surface area is 183 Å². The number of pyridine rings is 1. The van der Waals surface area contributed by atoms with Crippen molar-refractivity contribution in [3.05, 3.63) is 82.8 Å². The number of hydrogen-bond donors (Lipinski definition) is 3. The quantitative estimate of drug-likeness (QED) is 0.415. The first-order valence-electron chi connectivity index (χ1n) is 9.50. The van der Waals surface area contributed by atoms with Crippen LogP contribution < -0.4 is 15.4 Å². The van der Waals surface area contributed by atoms with E-state index in [9.17, 15) is 9.59 Å². The molecule has 0 aliphatic heterocycles. The zero-order chi connectivity index (χ0) is 22.0. The topological polar surface area (TPSA) is 96.1 Å². The van der Waals surface area contributed by atoms with Gasteiger partial charge in [0.1, 0.15) is 17.1 Å². The summed E-state index contributed by atoms with van der Waals surface area (Å²) in [5.74, 6) is 0.219. The second kappa shape index (κ2) is 8.49. The molecule has 0 radical (unpaired) electrons. The monoisotopic (exact) mass is 434 g/mol. The third-order valence-corrected chi connectivity index (χ3v) is 4.91. The lowest BCUT2D eigenvalue weighted by Crippen LogP contribution is -2.19. The number of hydrogen-bond acceptors (Lipinski definition) is 4. The number of benzene rings is 2. The number of para-hydroxylation sites is 2. The molecule has 0 aliphatic carbocycles. The highest BCUT2D eigenvalue weighted by Gasteiger charge is 2.15. The van der Waals surface area contributed by atoms with Crippen LogP contribution in [-0.2, 0) is 0 Å². The Kier molecular flexibility index (Phi) is 5.60. The second-order valence-corrected chi connectivity index (χ2v) is 7.31. The van der Waals surface area contributed by atoms with Crippen molar-refractivity contribution in [1.29, 1.82) is 0 Å². The molecule has 0 unspecified atom stereocenters. The van der Waals surface area contributed by atoms with Gasteiger partial charge >= 0.3 is 0 Å². The Morgan fingerprint density at radius 2 is 1.87 bits per heavy atom. The highest BCUT2D eigenvalue weighted by atomic mass is 35.5. The molecule has 7 nitrogen and oxygen atoms in total. The third-order valence-electron chi connectivity index (χ3n) is 4.69. The smallest absolute Gasteiger partial charge is 0.272 e. The van der Waals surface area contributed by atoms with Crippen LogP contribution in [0.25, 0.3) is 10.9 Å². The summed E-state index contributed by atoms with van der Waals surface area (Å²) in [7, 11) is 1.53. The fraction of sp³-hybridized carbons (Fsp3) is 0.0870. The maximum absolute atomic E-state index is 12.9. The summed E-state index contributed by atoms with van der Waals surface area (Å²) in [5.41, 5.74) is 2.93. The van der Waals surface area contributed by atoms with Crippen molar-refractivity contribution in [3.63, 3.8) is 0 Å². The number of H-pyrrole nitrogens is 1. The van der Waals surface area contributed by atoms with E-state index < -0.39 is 0 Å². The molecule has 0 saturated carbocycles. The van der Waals surface area contributed by atoms with Gasteiger partial charge in [-0.05, 0) is 48.9 Å². The number of carbonyl (C=O) groups excluding carboxylic acids is 2. The first-order valence-corrected chi connectivity index (χ1v) is 9.87. The first kappa shape index (κ1) is 20.4. The van der Waals surface area contributed by atoms with Crippen LogP contribution >= 0.6 is 11.6 Å². The van der Waals surface area contributed by atoms with Crippen molar-refractivity contribution in [2.75, 3.05) is 12.4 Å². The van der Waals surface area contributed by atoms with Gasteiger partial charge in [-0.1, -0.05) is 23.7 Å². The van der Waals surface area contributed by atoms with E-state index in [2.05, 4.69) is 20.6 Å². The minimum Gasteiger partial charge on any atom is -0.455 e. The predicted octanol–water partition coefficient (Wildman–Crippen LogP) is 4.93. The summed E-state index contributed by atoms with van der Waals surface area (Å²) in [4.78, 5) is 31.8. The highest BCUT2D eigenvalue weighted by Crippen LogP contribution is 2.30. The second-order valence-electron chi connectivity index (χ2n) is 6.88. The minimum absolute atomic E-state index is 0.230. The number of nitrogens with zero attached hydrogens (tertiary/aromatic N) is 1. The van der Waals surface area contributed by atoms with Crippen LogP contribution in [-0.4, -0.2) is 28.8 Å². The Bertz CT molecular complexity index is 1300. The van der Waals surface area contributed by atoms with Crippen LogP contribution in [0.3, 0.4) is 0 Å². The molecule has 2 heterocycles. The fourth-order valence-corrected chi connectivity index (χ4v) is 3.49. The average Bonchev–Trinajstić information content (AvgIpc) is 3.19. The number of carbonyl (C=O) groups is 2. The molecule has 0 fully saturated rings. The van der Waals surface area contributed by atoms with Crippen molar-refractivity contribution >= 4 is 40.0 Å². The Hall–Kier alpha value is -3.84. The van der Waals surface area contributed by atoms with Crippen molar-refractivity contribution < 1.29 is 14.3 Å². The van der Waals surface area contributed by atoms with Crippen molar-refractivity contribution in [3.8, 4) is 11.5 Å². The number of rotatable bonds is 5. The molecular weight excluding hydrogens is 416 g/mol. The summed E-state index contributed by atoms with van der Waals surface area (Å²) in [6.45, 7) is 1.93. The van der Waals surface area contributed by atoms with Crippen molar-refractivity contribution in [2.45, 2.75) is 6.92 Å². The van der Waals surface area contributed by atoms with E-state index >= 15 is 0 Å². The third kappa shape index (κ3) is 4.36. The number of aryl methyl sites for hydroxylation is 1. The maximum atomic E-state index is 12.9. The van der Waals surface area contributed by atoms with Crippen LogP contribution in [0.15, 0.2) is 60.8 Å². The van der Waals surface area contributed by atoms with E-state index in [4.69, 9.17) is 16.3 Å². The highest BCUT2D eigenvalue weighted by molar-refractivity contribution is 6.31. The molecule has 0 spiro atoms. The van der Waals surface area contributed by atoms with Crippen LogP contribution in [0.1, 0.15) is 26.5 Å². The van der Waals surface area contributed by atoms with Gasteiger partial charge in [0.15, 0.2) is 5.75 Å². The zero-order valence-corrected chi connectivity index (χ0v) is 17.6. The van der Waals surface area contributed by atoms with Crippen molar-refractivity contribution in [2.24, 2.45) is 0 Å². The normalized spacial score (nSPS) is 10.7. The predicted molar refractivity (Wildman–Crippen MR) is 120 cm³/mol. The lowest BCUT2D eigenvalue weighted by molar-refractivity contribution is 0.0957. The van der Waals surface area contributed by atoms with Gasteiger partial charge in [-0.3, -0.25) is 14.6 Å². The molecule has 4 aromatic rings. The van der Waals surface area contributed by atoms with Gasteiger partial charge in [0.25, 0.3) is 11.8 Å². The summed E-state index contributed by atoms with van der Waals surface area (Å²) >= 11 is 6.12. The first-order chi connectivity index (χ1) is 14.9. The lowest BCUT2D eigenvalue weighted by atomic mass is 10.2. The van der Waals surface area contributed by atoms with Gasteiger partial charge in [0.05, 0.1) is 5.69 Å². The van der Waals surface area contributed by atoms with E-state index in [-0.39, 0.29) is 17.5 Å². The summed E-state index contributed by atoms with van der Waals surface area (Å²) in [5, 5.41) is 6.86. The van der Waals surface area contributed by atoms with Crippen LogP contribution in [0.2, 0.25) is 5.02 Å². The number of fused-ring (bicyclic) bond motifs is 1. The Morgan fingerprint density at radius 1 is 1.06 bits per heavy atom. The number of anilines is 1. The largest absolute Gasteiger partial charge is 0.455 e. The van der Waals surface area contributed by atoms with Gasteiger partial charge in [-0.25, -0.2) is 0 Å². The molecule has 0 atom stereocenters. The Morgan fingerprint density at radius 3 is 2.68 bits per heavy atom. The van der Waals surface area contributed by atoms with E-state index in [1.165, 1.54) is 19.3 Å². The summed E-state index contributed by atoms with van der Waals surface area (Å²) < 4.78 is 5.91. The van der Waals surface area contributed by atoms with E-state index in [0.717, 1.165) is 16.5 Å². The van der Waals surface area contributed by atoms with Gasteiger partial charge < -0.3 is 20.4 Å². The molecule has 8 heteroatoms. The zero-order valence-electron chi connectivity index (χ0n) is 16.8. The van der Waals surface area contributed by atoms with Gasteiger partial charge in [-0.15, -0.1) is 0 Å². The minimum atomic E-state index is -0.318. The standard InChI is InChI=1S/C23H19ClN4O3/c1-13-9-15(24)10-14-11-19(27-21(13)14)23(30)28-17-5-3-4-6-20(17)31-16-7-8-26-18(12-16)22(29)25-2/h3-12,27H,1-2H3,(H,25,29)(H,28,30). The summed E-state index contributed by atoms with van der Waals surface area (Å²) in [6.07, 6.45) is 1.49. The van der Waals surface area contributed by atoms with Gasteiger partial charge in [0, 0.05) is 35.2 Å². The molecule has 0 bridgehead atoms. The van der Waals surface area contributed by atoms with E-state index in [0.29, 0.717) is 27.9 Å². The molecule has 0 aliphatic rings. The maximum Gasteiger partial charge on any atom is 0.272 e. The van der Waals surface area contributed by atoms with Gasteiger partial charge in [-0.2, -0.15) is 0 Å². The molecule has 2 amide bonds. The SMILES string of the molecule is CNC(=O)c1cc(Oc2ccccc2NC(=O)c2cc3cc(Cl)cc(C)c3[nH]2)ccn1. The van der Waals surface area contributed by atoms with Crippen LogP contribution in [0, 0.1) is 6.92 Å². The number of aromatic nitrogens is 2. The molecule has 2 aromatic heterocycles. The summed E-state index contributed by atoms with van der Waals surface area (Å²) in [6, 6.07) is 15.6. The molecule has 3 N–H and O–H groups in total. The van der Waals surface area contributed by atoms with Crippen LogP contribution in [0.4, 0.5) is 5.69 Å². The molecule has 31 heavy (non-hydrogen) atoms. The van der Waals surface area contributed by atoms with Crippen LogP contribution in [0.5, 0.6) is 11.5 Å². The van der Waals surface area contributed by atoms with Crippen molar-refractivity contribution in [1.82, 2.24) is 15.3 Å². The lowest BCUT2D eigenvalue weighted by Gasteiger charge is -2.12. The number of halogens is 1. The van der Waals surface area contributed by atoms with E-state index in [1.54, 1.807) is 36.4 Å². The number of ether oxygens (including phenoxy) is 1. The number of aromatic amines is 1. The molecule has 0 saturated heterocycles. The molecular formula is C23H19ClN4O3.